The number of allylic oxidation sites excluding steroid dienone is 2. The molecule has 0 heterocycles. The molecular weight excluding hydrogens is 158 g/mol. The van der Waals surface area contributed by atoms with Gasteiger partial charge in [0, 0.05) is 5.69 Å². The molecule has 0 saturated heterocycles. The van der Waals surface area contributed by atoms with Crippen molar-refractivity contribution in [3.05, 3.63) is 47.6 Å². The van der Waals surface area contributed by atoms with Crippen molar-refractivity contribution in [3.8, 4) is 0 Å². The van der Waals surface area contributed by atoms with E-state index in [1.54, 1.807) is 0 Å². The van der Waals surface area contributed by atoms with E-state index < -0.39 is 0 Å². The smallest absolute Gasteiger partial charge is 0.0317 e. The van der Waals surface area contributed by atoms with Gasteiger partial charge in [-0.3, -0.25) is 0 Å². The Bertz CT molecular complexity index is 348. The molecule has 0 aliphatic rings. The fraction of sp³-hybridized carbons (Fsp3) is 0.167. The molecule has 0 amide bonds. The zero-order valence-corrected chi connectivity index (χ0v) is 8.17. The average Bonchev–Trinajstić information content (AvgIpc) is 2.09. The molecule has 0 saturated carbocycles. The molecule has 2 N–H and O–H groups in total. The molecule has 1 heteroatoms. The number of rotatable bonds is 2. The van der Waals surface area contributed by atoms with Gasteiger partial charge in [-0.05, 0) is 37.1 Å². The number of benzene rings is 1. The third kappa shape index (κ3) is 2.48. The van der Waals surface area contributed by atoms with Crippen molar-refractivity contribution in [2.24, 2.45) is 0 Å². The van der Waals surface area contributed by atoms with E-state index in [4.69, 9.17) is 5.73 Å². The Balaban J connectivity index is 3.09. The summed E-state index contributed by atoms with van der Waals surface area (Å²) in [4.78, 5) is 0. The molecule has 68 valence electrons. The molecule has 0 aromatic heterocycles. The minimum absolute atomic E-state index is 0.811. The predicted octanol–water partition coefficient (Wildman–Crippen LogP) is 3.17. The lowest BCUT2D eigenvalue weighted by Crippen LogP contribution is -1.87. The summed E-state index contributed by atoms with van der Waals surface area (Å²) in [5, 5.41) is 0. The maximum absolute atomic E-state index is 5.65. The third-order valence-corrected chi connectivity index (χ3v) is 2.00. The minimum atomic E-state index is 0.811. The van der Waals surface area contributed by atoms with Crippen molar-refractivity contribution in [2.75, 3.05) is 5.73 Å². The van der Waals surface area contributed by atoms with Gasteiger partial charge in [-0.1, -0.05) is 30.4 Å². The molecule has 0 aliphatic heterocycles. The van der Waals surface area contributed by atoms with Crippen LogP contribution < -0.4 is 5.73 Å². The molecule has 0 spiro atoms. The molecule has 0 fully saturated rings. The maximum Gasteiger partial charge on any atom is 0.0317 e. The second kappa shape index (κ2) is 3.94. The summed E-state index contributed by atoms with van der Waals surface area (Å²) >= 11 is 0. The topological polar surface area (TPSA) is 26.0 Å². The highest BCUT2D eigenvalue weighted by molar-refractivity contribution is 5.61. The van der Waals surface area contributed by atoms with Crippen LogP contribution in [0.1, 0.15) is 18.1 Å². The molecule has 0 radical (unpaired) electrons. The van der Waals surface area contributed by atoms with E-state index in [9.17, 15) is 0 Å². The van der Waals surface area contributed by atoms with Crippen molar-refractivity contribution in [1.82, 2.24) is 0 Å². The van der Waals surface area contributed by atoms with Crippen LogP contribution in [0.2, 0.25) is 0 Å². The van der Waals surface area contributed by atoms with E-state index >= 15 is 0 Å². The van der Waals surface area contributed by atoms with Crippen LogP contribution in [0.3, 0.4) is 0 Å². The number of aryl methyl sites for hydroxylation is 1. The molecule has 1 aromatic rings. The van der Waals surface area contributed by atoms with Gasteiger partial charge < -0.3 is 5.73 Å². The largest absolute Gasteiger partial charge is 0.399 e. The first-order valence-electron chi connectivity index (χ1n) is 4.30. The molecular formula is C12H15N. The van der Waals surface area contributed by atoms with Crippen molar-refractivity contribution in [2.45, 2.75) is 13.8 Å². The Hall–Kier alpha value is -1.50. The molecule has 1 nitrogen and oxygen atoms in total. The Labute approximate surface area is 79.6 Å². The minimum Gasteiger partial charge on any atom is -0.399 e. The van der Waals surface area contributed by atoms with Gasteiger partial charge in [-0.15, -0.1) is 0 Å². The summed E-state index contributed by atoms with van der Waals surface area (Å²) < 4.78 is 0. The highest BCUT2D eigenvalue weighted by atomic mass is 14.5. The Morgan fingerprint density at radius 1 is 1.46 bits per heavy atom. The van der Waals surface area contributed by atoms with Crippen LogP contribution in [0.5, 0.6) is 0 Å². The Morgan fingerprint density at radius 3 is 2.69 bits per heavy atom. The normalized spacial score (nSPS) is 11.4. The van der Waals surface area contributed by atoms with Gasteiger partial charge in [0.05, 0.1) is 0 Å². The fourth-order valence-corrected chi connectivity index (χ4v) is 1.17. The number of nitrogen functional groups attached to an aromatic ring is 1. The maximum atomic E-state index is 5.65. The highest BCUT2D eigenvalue weighted by Crippen LogP contribution is 2.15. The molecule has 0 bridgehead atoms. The summed E-state index contributed by atoms with van der Waals surface area (Å²) in [6, 6.07) is 5.91. The molecule has 1 aromatic carbocycles. The fourth-order valence-electron chi connectivity index (χ4n) is 1.17. The van der Waals surface area contributed by atoms with Crippen molar-refractivity contribution >= 4 is 11.8 Å². The zero-order valence-electron chi connectivity index (χ0n) is 8.17. The van der Waals surface area contributed by atoms with Crippen LogP contribution in [0, 0.1) is 6.92 Å². The van der Waals surface area contributed by atoms with Crippen LogP contribution in [-0.4, -0.2) is 0 Å². The van der Waals surface area contributed by atoms with Gasteiger partial charge in [0.25, 0.3) is 0 Å². The molecule has 0 unspecified atom stereocenters. The third-order valence-electron chi connectivity index (χ3n) is 2.00. The zero-order chi connectivity index (χ0) is 9.84. The van der Waals surface area contributed by atoms with Crippen LogP contribution in [0.4, 0.5) is 5.69 Å². The summed E-state index contributed by atoms with van der Waals surface area (Å²) in [6.45, 7) is 7.80. The number of nitrogens with two attached hydrogens (primary N) is 1. The average molecular weight is 173 g/mol. The van der Waals surface area contributed by atoms with Gasteiger partial charge in [0.15, 0.2) is 0 Å². The second-order valence-electron chi connectivity index (χ2n) is 3.21. The van der Waals surface area contributed by atoms with Crippen molar-refractivity contribution in [3.63, 3.8) is 0 Å². The van der Waals surface area contributed by atoms with E-state index in [0.717, 1.165) is 11.3 Å². The van der Waals surface area contributed by atoms with Crippen LogP contribution in [0.15, 0.2) is 36.4 Å². The monoisotopic (exact) mass is 173 g/mol. The highest BCUT2D eigenvalue weighted by Gasteiger charge is 1.94. The molecule has 13 heavy (non-hydrogen) atoms. The van der Waals surface area contributed by atoms with E-state index in [2.05, 4.69) is 19.6 Å². The van der Waals surface area contributed by atoms with E-state index in [0.29, 0.717) is 0 Å². The van der Waals surface area contributed by atoms with Crippen LogP contribution >= 0.6 is 0 Å². The van der Waals surface area contributed by atoms with Gasteiger partial charge in [0.1, 0.15) is 0 Å². The van der Waals surface area contributed by atoms with E-state index in [1.165, 1.54) is 11.1 Å². The van der Waals surface area contributed by atoms with E-state index in [1.807, 2.05) is 31.2 Å². The van der Waals surface area contributed by atoms with Gasteiger partial charge in [-0.25, -0.2) is 0 Å². The lowest BCUT2D eigenvalue weighted by molar-refractivity contribution is 1.43. The summed E-state index contributed by atoms with van der Waals surface area (Å²) in [6.07, 6.45) is 3.94. The van der Waals surface area contributed by atoms with Gasteiger partial charge in [0.2, 0.25) is 0 Å². The van der Waals surface area contributed by atoms with E-state index in [-0.39, 0.29) is 0 Å². The first-order chi connectivity index (χ1) is 6.13. The molecule has 1 rings (SSSR count). The van der Waals surface area contributed by atoms with Crippen molar-refractivity contribution < 1.29 is 0 Å². The first kappa shape index (κ1) is 9.59. The predicted molar refractivity (Wildman–Crippen MR) is 59.4 cm³/mol. The number of hydrogen-bond acceptors (Lipinski definition) is 1. The second-order valence-corrected chi connectivity index (χ2v) is 3.21. The summed E-state index contributed by atoms with van der Waals surface area (Å²) in [7, 11) is 0. The number of hydrogen-bond donors (Lipinski definition) is 1. The van der Waals surface area contributed by atoms with Crippen molar-refractivity contribution in [1.29, 1.82) is 0 Å². The van der Waals surface area contributed by atoms with Crippen LogP contribution in [0.25, 0.3) is 6.08 Å². The quantitative estimate of drug-likeness (QED) is 0.539. The first-order valence-corrected chi connectivity index (χ1v) is 4.30. The molecule has 0 atom stereocenters. The standard InChI is InChI=1S/C12H15N/c1-4-9(2)7-11-5-6-12(13)8-10(11)3/h4-8H,1,13H2,2-3H3/b9-7-. The Morgan fingerprint density at radius 2 is 2.15 bits per heavy atom. The SMILES string of the molecule is C=C/C(C)=C\c1ccc(N)cc1C. The summed E-state index contributed by atoms with van der Waals surface area (Å²) in [5.74, 6) is 0. The van der Waals surface area contributed by atoms with Gasteiger partial charge >= 0.3 is 0 Å². The number of anilines is 1. The molecule has 0 aliphatic carbocycles. The lowest BCUT2D eigenvalue weighted by atomic mass is 10.1. The Kier molecular flexibility index (Phi) is 2.91. The van der Waals surface area contributed by atoms with Gasteiger partial charge in [-0.2, -0.15) is 0 Å². The van der Waals surface area contributed by atoms with Crippen LogP contribution in [-0.2, 0) is 0 Å². The lowest BCUT2D eigenvalue weighted by Gasteiger charge is -2.02. The summed E-state index contributed by atoms with van der Waals surface area (Å²) in [5.41, 5.74) is 10.0.